The molecule has 3 aromatic carbocycles. The van der Waals surface area contributed by atoms with Crippen molar-refractivity contribution >= 4 is 46.6 Å². The number of anilines is 2. The normalized spacial score (nSPS) is 20.4. The van der Waals surface area contributed by atoms with Gasteiger partial charge in [-0.3, -0.25) is 34.3 Å². The average molecular weight is 611 g/mol. The van der Waals surface area contributed by atoms with Gasteiger partial charge in [-0.05, 0) is 54.8 Å². The summed E-state index contributed by atoms with van der Waals surface area (Å²) in [6.45, 7) is 5.99. The van der Waals surface area contributed by atoms with Crippen LogP contribution in [0.2, 0.25) is 5.02 Å². The van der Waals surface area contributed by atoms with Crippen molar-refractivity contribution < 1.29 is 19.2 Å². The van der Waals surface area contributed by atoms with Crippen molar-refractivity contribution in [3.63, 3.8) is 0 Å². The van der Waals surface area contributed by atoms with Crippen LogP contribution in [0, 0.1) is 11.3 Å². The van der Waals surface area contributed by atoms with Gasteiger partial charge in [0.1, 0.15) is 6.04 Å². The molecule has 224 valence electrons. The number of hydrogen-bond acceptors (Lipinski definition) is 8. The Labute approximate surface area is 260 Å². The highest BCUT2D eigenvalue weighted by molar-refractivity contribution is 6.33. The number of benzene rings is 3. The minimum absolute atomic E-state index is 0.0769. The van der Waals surface area contributed by atoms with Gasteiger partial charge in [-0.1, -0.05) is 41.9 Å². The van der Waals surface area contributed by atoms with E-state index in [9.17, 15) is 19.2 Å². The summed E-state index contributed by atoms with van der Waals surface area (Å²) < 4.78 is 0. The predicted molar refractivity (Wildman–Crippen MR) is 165 cm³/mol. The Morgan fingerprint density at radius 3 is 2.48 bits per heavy atom. The summed E-state index contributed by atoms with van der Waals surface area (Å²) in [4.78, 5) is 56.1. The molecule has 11 heteroatoms. The van der Waals surface area contributed by atoms with E-state index < -0.39 is 29.7 Å². The smallest absolute Gasteiger partial charge is 0.264 e. The van der Waals surface area contributed by atoms with E-state index in [4.69, 9.17) is 16.9 Å². The summed E-state index contributed by atoms with van der Waals surface area (Å²) in [5.41, 5.74) is 4.72. The highest BCUT2D eigenvalue weighted by atomic mass is 35.5. The number of carbonyl (C=O) groups excluding carboxylic acids is 4. The molecule has 3 heterocycles. The SMILES string of the molecule is C[C@@H]1CN(c2ccc(C#N)cc2Cl)CCN1Cc1ccc(CNc2cccc3c2C(=O)N(C2CCC(=O)NC2=O)C3=O)cc1. The molecule has 0 aromatic heterocycles. The van der Waals surface area contributed by atoms with Gasteiger partial charge in [-0.15, -0.1) is 0 Å². The van der Waals surface area contributed by atoms with Gasteiger partial charge in [0.05, 0.1) is 33.5 Å². The van der Waals surface area contributed by atoms with E-state index in [-0.39, 0.29) is 24.0 Å². The minimum atomic E-state index is -1.00. The molecule has 3 aliphatic rings. The quantitative estimate of drug-likeness (QED) is 0.386. The maximum atomic E-state index is 13.3. The van der Waals surface area contributed by atoms with Crippen LogP contribution in [-0.4, -0.2) is 65.1 Å². The number of imide groups is 2. The Morgan fingerprint density at radius 1 is 1.00 bits per heavy atom. The highest BCUT2D eigenvalue weighted by Crippen LogP contribution is 2.33. The summed E-state index contributed by atoms with van der Waals surface area (Å²) >= 11 is 6.45. The van der Waals surface area contributed by atoms with Crippen LogP contribution >= 0.6 is 11.6 Å². The molecule has 0 aliphatic carbocycles. The Hall–Kier alpha value is -4.72. The lowest BCUT2D eigenvalue weighted by molar-refractivity contribution is -0.136. The van der Waals surface area contributed by atoms with Crippen LogP contribution in [0.4, 0.5) is 11.4 Å². The van der Waals surface area contributed by atoms with Crippen molar-refractivity contribution in [3.05, 3.63) is 93.5 Å². The predicted octanol–water partition coefficient (Wildman–Crippen LogP) is 3.94. The number of hydrogen-bond donors (Lipinski definition) is 2. The van der Waals surface area contributed by atoms with Crippen molar-refractivity contribution in [3.8, 4) is 6.07 Å². The van der Waals surface area contributed by atoms with E-state index in [1.54, 1.807) is 30.3 Å². The molecule has 2 N–H and O–H groups in total. The van der Waals surface area contributed by atoms with Crippen LogP contribution in [-0.2, 0) is 22.7 Å². The van der Waals surface area contributed by atoms with Crippen molar-refractivity contribution in [2.75, 3.05) is 29.9 Å². The van der Waals surface area contributed by atoms with Gasteiger partial charge in [0, 0.05) is 50.9 Å². The summed E-state index contributed by atoms with van der Waals surface area (Å²) in [5, 5.41) is 15.2. The second-order valence-electron chi connectivity index (χ2n) is 11.4. The monoisotopic (exact) mass is 610 g/mol. The number of rotatable bonds is 7. The molecule has 44 heavy (non-hydrogen) atoms. The first-order valence-electron chi connectivity index (χ1n) is 14.6. The molecule has 2 atom stereocenters. The van der Waals surface area contributed by atoms with Crippen LogP contribution < -0.4 is 15.5 Å². The fourth-order valence-electron chi connectivity index (χ4n) is 6.14. The topological polar surface area (TPSA) is 126 Å². The number of nitrogens with one attached hydrogen (secondary N) is 2. The van der Waals surface area contributed by atoms with E-state index in [1.165, 1.54) is 5.56 Å². The molecule has 0 bridgehead atoms. The molecule has 3 aliphatic heterocycles. The fourth-order valence-corrected chi connectivity index (χ4v) is 6.44. The fraction of sp³-hybridized carbons (Fsp3) is 0.303. The lowest BCUT2D eigenvalue weighted by atomic mass is 10.0. The first-order chi connectivity index (χ1) is 21.2. The number of nitriles is 1. The molecular weight excluding hydrogens is 580 g/mol. The number of amides is 4. The summed E-state index contributed by atoms with van der Waals surface area (Å²) in [6, 6.07) is 20.2. The number of piperazine rings is 1. The second kappa shape index (κ2) is 12.1. The van der Waals surface area contributed by atoms with Crippen LogP contribution in [0.15, 0.2) is 60.7 Å². The maximum Gasteiger partial charge on any atom is 0.264 e. The Morgan fingerprint density at radius 2 is 1.77 bits per heavy atom. The zero-order chi connectivity index (χ0) is 31.0. The van der Waals surface area contributed by atoms with E-state index in [2.05, 4.69) is 45.6 Å². The van der Waals surface area contributed by atoms with Gasteiger partial charge in [-0.2, -0.15) is 5.26 Å². The first-order valence-corrected chi connectivity index (χ1v) is 15.0. The molecule has 0 radical (unpaired) electrons. The summed E-state index contributed by atoms with van der Waals surface area (Å²) in [6.07, 6.45) is 0.193. The Kier molecular flexibility index (Phi) is 8.08. The van der Waals surface area contributed by atoms with Crippen LogP contribution in [0.3, 0.4) is 0 Å². The third kappa shape index (κ3) is 5.64. The number of carbonyl (C=O) groups is 4. The molecular formula is C33H31ClN6O4. The average Bonchev–Trinajstić information content (AvgIpc) is 3.27. The number of fused-ring (bicyclic) bond motifs is 1. The highest BCUT2D eigenvalue weighted by Gasteiger charge is 2.45. The van der Waals surface area contributed by atoms with Crippen molar-refractivity contribution in [2.24, 2.45) is 0 Å². The van der Waals surface area contributed by atoms with Gasteiger partial charge in [0.2, 0.25) is 11.8 Å². The van der Waals surface area contributed by atoms with Gasteiger partial charge in [0.15, 0.2) is 0 Å². The number of nitrogens with zero attached hydrogens (tertiary/aromatic N) is 4. The Bertz CT molecular complexity index is 1700. The van der Waals surface area contributed by atoms with Crippen molar-refractivity contribution in [2.45, 2.75) is 44.9 Å². The zero-order valence-electron chi connectivity index (χ0n) is 24.2. The summed E-state index contributed by atoms with van der Waals surface area (Å²) in [5.74, 6) is -2.09. The molecule has 0 saturated carbocycles. The van der Waals surface area contributed by atoms with Crippen molar-refractivity contribution in [1.29, 1.82) is 5.26 Å². The summed E-state index contributed by atoms with van der Waals surface area (Å²) in [7, 11) is 0. The molecule has 3 aromatic rings. The van der Waals surface area contributed by atoms with Gasteiger partial charge in [-0.25, -0.2) is 0 Å². The number of halogens is 1. The standard InChI is InChI=1S/C33H31ClN6O4/c1-20-18-39(27-10-9-23(16-35)15-25(27)34)14-13-38(20)19-22-7-5-21(6-8-22)17-36-26-4-2-3-24-30(26)33(44)40(32(24)43)28-11-12-29(41)37-31(28)42/h2-10,15,20,28,36H,11-14,17-19H2,1H3,(H,37,41,42)/t20-,28?/m1/s1. The largest absolute Gasteiger partial charge is 0.380 e. The van der Waals surface area contributed by atoms with E-state index in [1.807, 2.05) is 18.2 Å². The van der Waals surface area contributed by atoms with Gasteiger partial charge < -0.3 is 10.2 Å². The number of piperidine rings is 1. The van der Waals surface area contributed by atoms with E-state index in [0.29, 0.717) is 28.9 Å². The Balaban J connectivity index is 1.06. The molecule has 2 fully saturated rings. The van der Waals surface area contributed by atoms with Gasteiger partial charge >= 0.3 is 0 Å². The molecule has 4 amide bonds. The van der Waals surface area contributed by atoms with Crippen LogP contribution in [0.5, 0.6) is 0 Å². The molecule has 0 spiro atoms. The van der Waals surface area contributed by atoms with Gasteiger partial charge in [0.25, 0.3) is 11.8 Å². The second-order valence-corrected chi connectivity index (χ2v) is 11.8. The molecule has 1 unspecified atom stereocenters. The van der Waals surface area contributed by atoms with Crippen LogP contribution in [0.25, 0.3) is 0 Å². The molecule has 6 rings (SSSR count). The van der Waals surface area contributed by atoms with E-state index in [0.717, 1.165) is 42.3 Å². The van der Waals surface area contributed by atoms with Crippen LogP contribution in [0.1, 0.15) is 57.2 Å². The molecule has 2 saturated heterocycles. The minimum Gasteiger partial charge on any atom is -0.380 e. The molecule has 10 nitrogen and oxygen atoms in total. The third-order valence-electron chi connectivity index (χ3n) is 8.54. The van der Waals surface area contributed by atoms with Crippen molar-refractivity contribution in [1.82, 2.24) is 15.1 Å². The third-order valence-corrected chi connectivity index (χ3v) is 8.84. The zero-order valence-corrected chi connectivity index (χ0v) is 24.9. The maximum absolute atomic E-state index is 13.3. The van der Waals surface area contributed by atoms with E-state index >= 15 is 0 Å². The first kappa shape index (κ1) is 29.4. The lowest BCUT2D eigenvalue weighted by Gasteiger charge is -2.41. The lowest BCUT2D eigenvalue weighted by Crippen LogP contribution is -2.54.